The molecule has 5 heteroatoms. The molecule has 3 aromatic rings. The van der Waals surface area contributed by atoms with E-state index in [1.54, 1.807) is 24.8 Å². The first-order valence-corrected chi connectivity index (χ1v) is 6.61. The topological polar surface area (TPSA) is 58.9 Å². The average molecular weight is 269 g/mol. The van der Waals surface area contributed by atoms with E-state index in [0.29, 0.717) is 0 Å². The van der Waals surface area contributed by atoms with Crippen LogP contribution in [0.3, 0.4) is 0 Å². The van der Waals surface area contributed by atoms with E-state index < -0.39 is 0 Å². The number of aromatic nitrogens is 3. The van der Waals surface area contributed by atoms with Gasteiger partial charge in [-0.1, -0.05) is 0 Å². The van der Waals surface area contributed by atoms with Crippen molar-refractivity contribution in [2.24, 2.45) is 0 Å². The molecule has 0 fully saturated rings. The van der Waals surface area contributed by atoms with Crippen molar-refractivity contribution in [3.8, 4) is 21.8 Å². The third kappa shape index (κ3) is 2.38. The summed E-state index contributed by atoms with van der Waals surface area (Å²) in [5.41, 5.74) is 2.80. The number of aliphatic hydroxyl groups excluding tert-OH is 1. The Bertz CT molecular complexity index is 668. The van der Waals surface area contributed by atoms with Gasteiger partial charge in [-0.3, -0.25) is 9.97 Å². The molecule has 0 atom stereocenters. The molecular formula is C14H11N3OS. The molecule has 0 spiro atoms. The molecule has 3 aromatic heterocycles. The van der Waals surface area contributed by atoms with Crippen LogP contribution in [0.25, 0.3) is 21.8 Å². The van der Waals surface area contributed by atoms with Crippen LogP contribution in [0.1, 0.15) is 4.88 Å². The van der Waals surface area contributed by atoms with Crippen LogP contribution >= 0.6 is 11.3 Å². The van der Waals surface area contributed by atoms with Crippen LogP contribution in [-0.4, -0.2) is 20.1 Å². The zero-order valence-corrected chi connectivity index (χ0v) is 10.8. The summed E-state index contributed by atoms with van der Waals surface area (Å²) in [6.45, 7) is -0.0135. The molecule has 1 N–H and O–H groups in total. The molecule has 3 rings (SSSR count). The number of hydrogen-bond acceptors (Lipinski definition) is 5. The molecule has 0 aromatic carbocycles. The molecular weight excluding hydrogens is 258 g/mol. The molecule has 94 valence electrons. The third-order valence-corrected chi connectivity index (χ3v) is 3.81. The predicted octanol–water partition coefficient (Wildman–Crippen LogP) is 2.76. The lowest BCUT2D eigenvalue weighted by Gasteiger charge is -1.98. The standard InChI is InChI=1S/C14H11N3OS/c18-9-12-13(10-1-5-15-6-2-10)17-14(19-12)11-3-7-16-8-4-11/h1-8,18H,9H2. The maximum Gasteiger partial charge on any atom is 0.124 e. The van der Waals surface area contributed by atoms with Crippen molar-refractivity contribution in [3.63, 3.8) is 0 Å². The van der Waals surface area contributed by atoms with Crippen molar-refractivity contribution < 1.29 is 5.11 Å². The molecule has 0 bridgehead atoms. The minimum atomic E-state index is -0.0135. The van der Waals surface area contributed by atoms with Crippen LogP contribution in [0.5, 0.6) is 0 Å². The zero-order valence-electron chi connectivity index (χ0n) is 10.0. The fourth-order valence-corrected chi connectivity index (χ4v) is 2.76. The summed E-state index contributed by atoms with van der Waals surface area (Å²) in [5.74, 6) is 0. The summed E-state index contributed by atoms with van der Waals surface area (Å²) in [4.78, 5) is 13.5. The van der Waals surface area contributed by atoms with Crippen molar-refractivity contribution in [1.29, 1.82) is 0 Å². The Hall–Kier alpha value is -2.11. The van der Waals surface area contributed by atoms with E-state index in [4.69, 9.17) is 0 Å². The summed E-state index contributed by atoms with van der Waals surface area (Å²) in [6, 6.07) is 7.61. The maximum absolute atomic E-state index is 9.48. The largest absolute Gasteiger partial charge is 0.391 e. The van der Waals surface area contributed by atoms with Crippen molar-refractivity contribution in [2.45, 2.75) is 6.61 Å². The first-order valence-electron chi connectivity index (χ1n) is 5.80. The Kier molecular flexibility index (Phi) is 3.31. The van der Waals surface area contributed by atoms with E-state index in [1.165, 1.54) is 11.3 Å². The van der Waals surface area contributed by atoms with Gasteiger partial charge in [0.2, 0.25) is 0 Å². The van der Waals surface area contributed by atoms with Gasteiger partial charge in [0.05, 0.1) is 17.2 Å². The Labute approximate surface area is 114 Å². The van der Waals surface area contributed by atoms with Crippen LogP contribution in [0.15, 0.2) is 49.1 Å². The first kappa shape index (κ1) is 12.0. The number of rotatable bonds is 3. The van der Waals surface area contributed by atoms with Crippen molar-refractivity contribution in [1.82, 2.24) is 15.0 Å². The van der Waals surface area contributed by atoms with Crippen molar-refractivity contribution in [3.05, 3.63) is 53.9 Å². The second-order valence-corrected chi connectivity index (χ2v) is 5.00. The highest BCUT2D eigenvalue weighted by Gasteiger charge is 2.13. The van der Waals surface area contributed by atoms with Gasteiger partial charge < -0.3 is 5.11 Å². The molecule has 19 heavy (non-hydrogen) atoms. The van der Waals surface area contributed by atoms with Crippen LogP contribution in [0.4, 0.5) is 0 Å². The van der Waals surface area contributed by atoms with Crippen LogP contribution < -0.4 is 0 Å². The lowest BCUT2D eigenvalue weighted by molar-refractivity contribution is 0.286. The summed E-state index contributed by atoms with van der Waals surface area (Å²) in [7, 11) is 0. The summed E-state index contributed by atoms with van der Waals surface area (Å²) < 4.78 is 0. The fraction of sp³-hybridized carbons (Fsp3) is 0.0714. The van der Waals surface area contributed by atoms with Crippen LogP contribution in [-0.2, 0) is 6.61 Å². The van der Waals surface area contributed by atoms with E-state index in [-0.39, 0.29) is 6.61 Å². The van der Waals surface area contributed by atoms with Gasteiger partial charge in [0.15, 0.2) is 0 Å². The highest BCUT2D eigenvalue weighted by atomic mass is 32.1. The lowest BCUT2D eigenvalue weighted by Crippen LogP contribution is -1.85. The normalized spacial score (nSPS) is 10.6. The van der Waals surface area contributed by atoms with Crippen LogP contribution in [0.2, 0.25) is 0 Å². The molecule has 4 nitrogen and oxygen atoms in total. The minimum absolute atomic E-state index is 0.0135. The monoisotopic (exact) mass is 269 g/mol. The smallest absolute Gasteiger partial charge is 0.124 e. The Balaban J connectivity index is 2.09. The van der Waals surface area contributed by atoms with Gasteiger partial charge in [0.1, 0.15) is 5.01 Å². The molecule has 0 saturated heterocycles. The number of aliphatic hydroxyl groups is 1. The van der Waals surface area contributed by atoms with Crippen LogP contribution in [0, 0.1) is 0 Å². The van der Waals surface area contributed by atoms with Gasteiger partial charge in [-0.25, -0.2) is 4.98 Å². The fourth-order valence-electron chi connectivity index (χ4n) is 1.81. The molecule has 0 aliphatic rings. The maximum atomic E-state index is 9.48. The molecule has 0 saturated carbocycles. The van der Waals surface area contributed by atoms with Gasteiger partial charge in [-0.15, -0.1) is 11.3 Å². The molecule has 0 aliphatic heterocycles. The second-order valence-electron chi connectivity index (χ2n) is 3.92. The predicted molar refractivity (Wildman–Crippen MR) is 74.5 cm³/mol. The Morgan fingerprint density at radius 3 is 2.05 bits per heavy atom. The molecule has 3 heterocycles. The first-order chi connectivity index (χ1) is 9.38. The number of thiazole rings is 1. The Morgan fingerprint density at radius 2 is 1.47 bits per heavy atom. The quantitative estimate of drug-likeness (QED) is 0.794. The highest BCUT2D eigenvalue weighted by Crippen LogP contribution is 2.33. The highest BCUT2D eigenvalue weighted by molar-refractivity contribution is 7.15. The van der Waals surface area contributed by atoms with E-state index in [2.05, 4.69) is 15.0 Å². The summed E-state index contributed by atoms with van der Waals surface area (Å²) in [6.07, 6.45) is 6.92. The number of pyridine rings is 2. The van der Waals surface area contributed by atoms with Gasteiger partial charge in [0.25, 0.3) is 0 Å². The van der Waals surface area contributed by atoms with Gasteiger partial charge in [0, 0.05) is 35.9 Å². The summed E-state index contributed by atoms with van der Waals surface area (Å²) >= 11 is 1.50. The number of hydrogen-bond donors (Lipinski definition) is 1. The van der Waals surface area contributed by atoms with Crippen molar-refractivity contribution >= 4 is 11.3 Å². The van der Waals surface area contributed by atoms with Crippen molar-refractivity contribution in [2.75, 3.05) is 0 Å². The summed E-state index contributed by atoms with van der Waals surface area (Å²) in [5, 5.41) is 10.4. The zero-order chi connectivity index (χ0) is 13.1. The van der Waals surface area contributed by atoms with E-state index in [9.17, 15) is 5.11 Å². The lowest BCUT2D eigenvalue weighted by atomic mass is 10.2. The van der Waals surface area contributed by atoms with E-state index in [1.807, 2.05) is 24.3 Å². The second kappa shape index (κ2) is 5.26. The average Bonchev–Trinajstić information content (AvgIpc) is 2.93. The van der Waals surface area contributed by atoms with Gasteiger partial charge in [-0.05, 0) is 24.3 Å². The molecule has 0 amide bonds. The number of nitrogens with zero attached hydrogens (tertiary/aromatic N) is 3. The Morgan fingerprint density at radius 1 is 0.895 bits per heavy atom. The molecule has 0 unspecified atom stereocenters. The molecule has 0 aliphatic carbocycles. The van der Waals surface area contributed by atoms with Gasteiger partial charge >= 0.3 is 0 Å². The SMILES string of the molecule is OCc1sc(-c2ccncc2)nc1-c1ccncc1. The van der Waals surface area contributed by atoms with E-state index in [0.717, 1.165) is 26.7 Å². The third-order valence-electron chi connectivity index (χ3n) is 2.72. The minimum Gasteiger partial charge on any atom is -0.391 e. The van der Waals surface area contributed by atoms with Gasteiger partial charge in [-0.2, -0.15) is 0 Å². The molecule has 0 radical (unpaired) electrons. The van der Waals surface area contributed by atoms with E-state index >= 15 is 0 Å².